The highest BCUT2D eigenvalue weighted by molar-refractivity contribution is 7.09. The van der Waals surface area contributed by atoms with E-state index < -0.39 is 12.1 Å². The van der Waals surface area contributed by atoms with Crippen LogP contribution in [0.1, 0.15) is 11.3 Å². The molecule has 162 valence electrons. The lowest BCUT2D eigenvalue weighted by Crippen LogP contribution is -2.49. The normalized spacial score (nSPS) is 22.0. The first-order chi connectivity index (χ1) is 13.5. The van der Waals surface area contributed by atoms with Crippen LogP contribution in [0, 0.1) is 11.8 Å². The van der Waals surface area contributed by atoms with Crippen LogP contribution in [0.2, 0.25) is 0 Å². The Bertz CT molecular complexity index is 724. The van der Waals surface area contributed by atoms with Crippen LogP contribution >= 0.6 is 11.3 Å². The molecule has 3 heterocycles. The molecule has 2 unspecified atom stereocenters. The summed E-state index contributed by atoms with van der Waals surface area (Å²) < 4.78 is 31.7. The Hall–Kier alpha value is -2.14. The van der Waals surface area contributed by atoms with Crippen molar-refractivity contribution in [3.05, 3.63) is 22.4 Å². The Kier molecular flexibility index (Phi) is 7.64. The summed E-state index contributed by atoms with van der Waals surface area (Å²) in [5, 5.41) is 9.22. The molecule has 2 aliphatic heterocycles. The van der Waals surface area contributed by atoms with E-state index in [0.29, 0.717) is 12.5 Å². The average Bonchev–Trinajstić information content (AvgIpc) is 3.27. The van der Waals surface area contributed by atoms with Crippen molar-refractivity contribution in [3.8, 4) is 0 Å². The Labute approximate surface area is 170 Å². The molecule has 0 radical (unpaired) electrons. The first-order valence-electron chi connectivity index (χ1n) is 9.02. The quantitative estimate of drug-likeness (QED) is 0.780. The van der Waals surface area contributed by atoms with Crippen molar-refractivity contribution in [3.63, 3.8) is 0 Å². The topological polar surface area (TPSA) is 81.2 Å². The maximum atomic E-state index is 12.6. The third kappa shape index (κ3) is 6.43. The predicted octanol–water partition coefficient (Wildman–Crippen LogP) is 1.75. The molecule has 2 saturated heterocycles. The molecule has 1 N–H and O–H groups in total. The molecule has 2 fully saturated rings. The van der Waals surface area contributed by atoms with Crippen molar-refractivity contribution in [2.24, 2.45) is 11.8 Å². The number of hydrogen-bond donors (Lipinski definition) is 1. The van der Waals surface area contributed by atoms with Crippen LogP contribution in [-0.2, 0) is 20.9 Å². The van der Waals surface area contributed by atoms with Gasteiger partial charge in [-0.25, -0.2) is 4.79 Å². The predicted molar refractivity (Wildman–Crippen MR) is 100 cm³/mol. The van der Waals surface area contributed by atoms with Crippen LogP contribution < -0.4 is 0 Å². The minimum absolute atomic E-state index is 0.000221. The number of carboxylic acid groups (broad SMARTS) is 1. The first-order valence-corrected chi connectivity index (χ1v) is 9.90. The van der Waals surface area contributed by atoms with Crippen molar-refractivity contribution in [1.82, 2.24) is 14.7 Å². The number of rotatable bonds is 4. The molecular weight excluding hydrogens is 411 g/mol. The zero-order chi connectivity index (χ0) is 21.8. The van der Waals surface area contributed by atoms with Gasteiger partial charge in [-0.1, -0.05) is 6.07 Å². The number of amides is 2. The highest BCUT2D eigenvalue weighted by atomic mass is 32.1. The number of carbonyl (C=O) groups excluding carboxylic acids is 2. The molecule has 0 saturated carbocycles. The van der Waals surface area contributed by atoms with Crippen molar-refractivity contribution >= 4 is 29.1 Å². The SMILES string of the molecule is CN(C)C(=O)CN1CCC2CN(Cc3cccs3)CC2C1=O.O=C(O)C(F)(F)F. The Morgan fingerprint density at radius 3 is 2.48 bits per heavy atom. The van der Waals surface area contributed by atoms with E-state index >= 15 is 0 Å². The number of nitrogens with zero attached hydrogens (tertiary/aromatic N) is 3. The molecule has 2 amide bonds. The van der Waals surface area contributed by atoms with Gasteiger partial charge >= 0.3 is 12.1 Å². The molecule has 7 nitrogen and oxygen atoms in total. The van der Waals surface area contributed by atoms with E-state index in [1.165, 1.54) is 4.88 Å². The van der Waals surface area contributed by atoms with E-state index in [9.17, 15) is 22.8 Å². The molecule has 2 atom stereocenters. The number of carboxylic acids is 1. The number of alkyl halides is 3. The van der Waals surface area contributed by atoms with Crippen LogP contribution in [0.15, 0.2) is 17.5 Å². The monoisotopic (exact) mass is 435 g/mol. The van der Waals surface area contributed by atoms with Crippen molar-refractivity contribution < 1.29 is 32.7 Å². The molecule has 0 aromatic carbocycles. The second kappa shape index (κ2) is 9.57. The Balaban J connectivity index is 0.000000370. The number of likely N-dealkylation sites (tertiary alicyclic amines) is 2. The van der Waals surface area contributed by atoms with E-state index in [2.05, 4.69) is 22.4 Å². The maximum Gasteiger partial charge on any atom is 0.490 e. The van der Waals surface area contributed by atoms with Gasteiger partial charge in [-0.15, -0.1) is 11.3 Å². The lowest BCUT2D eigenvalue weighted by atomic mass is 9.88. The molecular formula is C18H24F3N3O4S. The molecule has 29 heavy (non-hydrogen) atoms. The summed E-state index contributed by atoms with van der Waals surface area (Å²) in [6.45, 7) is 3.71. The summed E-state index contributed by atoms with van der Waals surface area (Å²) in [5.74, 6) is -2.06. The lowest BCUT2D eigenvalue weighted by molar-refractivity contribution is -0.192. The third-order valence-electron chi connectivity index (χ3n) is 4.94. The third-order valence-corrected chi connectivity index (χ3v) is 5.80. The molecule has 11 heteroatoms. The Morgan fingerprint density at radius 2 is 1.97 bits per heavy atom. The van der Waals surface area contributed by atoms with Gasteiger partial charge in [0, 0.05) is 45.2 Å². The van der Waals surface area contributed by atoms with Gasteiger partial charge in [-0.3, -0.25) is 14.5 Å². The zero-order valence-electron chi connectivity index (χ0n) is 16.2. The molecule has 1 aromatic rings. The number of piperidine rings is 1. The summed E-state index contributed by atoms with van der Waals surface area (Å²) in [4.78, 5) is 40.4. The lowest BCUT2D eigenvalue weighted by Gasteiger charge is -2.34. The number of hydrogen-bond acceptors (Lipinski definition) is 5. The van der Waals surface area contributed by atoms with Crippen LogP contribution in [0.5, 0.6) is 0 Å². The second-order valence-corrected chi connectivity index (χ2v) is 8.31. The molecule has 0 aliphatic carbocycles. The average molecular weight is 435 g/mol. The number of halogens is 3. The number of thiophene rings is 1. The molecule has 2 aliphatic rings. The second-order valence-electron chi connectivity index (χ2n) is 7.28. The minimum Gasteiger partial charge on any atom is -0.475 e. The zero-order valence-corrected chi connectivity index (χ0v) is 17.0. The van der Waals surface area contributed by atoms with Crippen LogP contribution in [0.25, 0.3) is 0 Å². The minimum atomic E-state index is -5.08. The smallest absolute Gasteiger partial charge is 0.475 e. The highest BCUT2D eigenvalue weighted by Crippen LogP contribution is 2.33. The number of likely N-dealkylation sites (N-methyl/N-ethyl adjacent to an activating group) is 1. The summed E-state index contributed by atoms with van der Waals surface area (Å²) in [6.07, 6.45) is -4.07. The van der Waals surface area contributed by atoms with Crippen LogP contribution in [0.4, 0.5) is 13.2 Å². The van der Waals surface area contributed by atoms with E-state index in [1.807, 2.05) is 0 Å². The van der Waals surface area contributed by atoms with E-state index in [4.69, 9.17) is 9.90 Å². The van der Waals surface area contributed by atoms with Crippen molar-refractivity contribution in [2.45, 2.75) is 19.1 Å². The largest absolute Gasteiger partial charge is 0.490 e. The fraction of sp³-hybridized carbons (Fsp3) is 0.611. The molecule has 1 aromatic heterocycles. The van der Waals surface area contributed by atoms with Gasteiger partial charge in [0.1, 0.15) is 0 Å². The van der Waals surface area contributed by atoms with Crippen molar-refractivity contribution in [1.29, 1.82) is 0 Å². The number of carbonyl (C=O) groups is 3. The van der Waals surface area contributed by atoms with E-state index in [1.54, 1.807) is 35.2 Å². The van der Waals surface area contributed by atoms with Gasteiger partial charge in [0.05, 0.1) is 12.5 Å². The molecule has 0 spiro atoms. The summed E-state index contributed by atoms with van der Waals surface area (Å²) in [5.41, 5.74) is 0. The van der Waals surface area contributed by atoms with Gasteiger partial charge in [-0.05, 0) is 23.8 Å². The molecule has 3 rings (SSSR count). The fourth-order valence-corrected chi connectivity index (χ4v) is 4.16. The van der Waals surface area contributed by atoms with Crippen LogP contribution in [0.3, 0.4) is 0 Å². The molecule has 0 bridgehead atoms. The summed E-state index contributed by atoms with van der Waals surface area (Å²) >= 11 is 1.77. The summed E-state index contributed by atoms with van der Waals surface area (Å²) in [7, 11) is 3.47. The van der Waals surface area contributed by atoms with Gasteiger partial charge in [0.15, 0.2) is 0 Å². The first kappa shape index (κ1) is 23.1. The number of aliphatic carboxylic acids is 1. The maximum absolute atomic E-state index is 12.6. The summed E-state index contributed by atoms with van der Waals surface area (Å²) in [6, 6.07) is 4.22. The Morgan fingerprint density at radius 1 is 1.31 bits per heavy atom. The standard InChI is InChI=1S/C16H23N3O2S.C2HF3O2/c1-17(2)15(20)11-19-6-5-12-8-18(10-14(12)16(19)21)9-13-4-3-7-22-13;3-2(4,5)1(6)7/h3-4,7,12,14H,5-6,8-11H2,1-2H3;(H,6,7). The van der Waals surface area contributed by atoms with E-state index in [0.717, 1.165) is 26.1 Å². The van der Waals surface area contributed by atoms with Gasteiger partial charge in [0.2, 0.25) is 11.8 Å². The van der Waals surface area contributed by atoms with Crippen LogP contribution in [-0.4, -0.2) is 84.0 Å². The van der Waals surface area contributed by atoms with E-state index in [-0.39, 0.29) is 24.3 Å². The van der Waals surface area contributed by atoms with Gasteiger partial charge < -0.3 is 14.9 Å². The fourth-order valence-electron chi connectivity index (χ4n) is 3.41. The highest BCUT2D eigenvalue weighted by Gasteiger charge is 2.43. The number of fused-ring (bicyclic) bond motifs is 1. The van der Waals surface area contributed by atoms with Crippen molar-refractivity contribution in [2.75, 3.05) is 40.3 Å². The van der Waals surface area contributed by atoms with Gasteiger partial charge in [-0.2, -0.15) is 13.2 Å². The van der Waals surface area contributed by atoms with Gasteiger partial charge in [0.25, 0.3) is 0 Å².